The van der Waals surface area contributed by atoms with Gasteiger partial charge in [-0.1, -0.05) is 66.2 Å². The van der Waals surface area contributed by atoms with Crippen molar-refractivity contribution in [3.8, 4) is 0 Å². The minimum Gasteiger partial charge on any atom is -0.326 e. The standard InChI is InChI=1S/C24H25ClN2O/c1-16-12-13-17(2)22(14-16)27-24(28)23(19-8-5-4-6-9-19)26-18(3)20-10-7-11-21(25)15-20/h4-15,18,23,26H,1-3H3,(H,27,28)/p+1/t18-,23+/m1/s1. The lowest BCUT2D eigenvalue weighted by Crippen LogP contribution is -2.87. The van der Waals surface area contributed by atoms with E-state index in [1.165, 1.54) is 0 Å². The van der Waals surface area contributed by atoms with Gasteiger partial charge in [-0.2, -0.15) is 0 Å². The second kappa shape index (κ2) is 9.05. The summed E-state index contributed by atoms with van der Waals surface area (Å²) in [5.74, 6) is -0.0335. The van der Waals surface area contributed by atoms with Gasteiger partial charge in [0.2, 0.25) is 0 Å². The zero-order valence-corrected chi connectivity index (χ0v) is 17.2. The molecule has 3 aromatic rings. The fraction of sp³-hybridized carbons (Fsp3) is 0.208. The van der Waals surface area contributed by atoms with Gasteiger partial charge >= 0.3 is 0 Å². The molecule has 0 unspecified atom stereocenters. The molecular weight excluding hydrogens is 368 g/mol. The first kappa shape index (κ1) is 20.1. The van der Waals surface area contributed by atoms with E-state index in [1.807, 2.05) is 86.6 Å². The number of hydrogen-bond acceptors (Lipinski definition) is 1. The molecule has 3 nitrogen and oxygen atoms in total. The molecule has 0 saturated carbocycles. The third-order valence-electron chi connectivity index (χ3n) is 4.95. The molecule has 0 aromatic heterocycles. The Morgan fingerprint density at radius 1 is 0.929 bits per heavy atom. The SMILES string of the molecule is Cc1ccc(C)c(NC(=O)[C@@H]([NH2+][C@H](C)c2cccc(Cl)c2)c2ccccc2)c1. The lowest BCUT2D eigenvalue weighted by atomic mass is 10.0. The molecule has 0 aliphatic heterocycles. The maximum Gasteiger partial charge on any atom is 0.287 e. The van der Waals surface area contributed by atoms with Gasteiger partial charge in [0.1, 0.15) is 6.04 Å². The van der Waals surface area contributed by atoms with E-state index < -0.39 is 0 Å². The highest BCUT2D eigenvalue weighted by Crippen LogP contribution is 2.20. The molecule has 0 spiro atoms. The first-order valence-electron chi connectivity index (χ1n) is 9.47. The molecule has 144 valence electrons. The molecule has 0 bridgehead atoms. The van der Waals surface area contributed by atoms with Gasteiger partial charge < -0.3 is 10.6 Å². The summed E-state index contributed by atoms with van der Waals surface area (Å²) in [5.41, 5.74) is 5.09. The number of halogens is 1. The van der Waals surface area contributed by atoms with E-state index in [1.54, 1.807) is 0 Å². The van der Waals surface area contributed by atoms with Crippen molar-refractivity contribution in [2.24, 2.45) is 0 Å². The number of anilines is 1. The molecule has 0 heterocycles. The van der Waals surface area contributed by atoms with Crippen molar-refractivity contribution in [3.05, 3.63) is 100 Å². The Balaban J connectivity index is 1.86. The third kappa shape index (κ3) is 5.00. The van der Waals surface area contributed by atoms with Crippen molar-refractivity contribution in [2.45, 2.75) is 32.9 Å². The number of carbonyl (C=O) groups is 1. The van der Waals surface area contributed by atoms with E-state index in [0.29, 0.717) is 5.02 Å². The van der Waals surface area contributed by atoms with Gasteiger partial charge in [-0.05, 0) is 50.1 Å². The minimum atomic E-state index is -0.366. The maximum atomic E-state index is 13.2. The van der Waals surface area contributed by atoms with Gasteiger partial charge in [-0.15, -0.1) is 0 Å². The lowest BCUT2D eigenvalue weighted by Gasteiger charge is -2.21. The summed E-state index contributed by atoms with van der Waals surface area (Å²) >= 11 is 6.15. The molecule has 0 aliphatic carbocycles. The number of nitrogens with one attached hydrogen (secondary N) is 1. The molecule has 0 radical (unpaired) electrons. The predicted octanol–water partition coefficient (Wildman–Crippen LogP) is 4.96. The summed E-state index contributed by atoms with van der Waals surface area (Å²) in [6.07, 6.45) is 0. The van der Waals surface area contributed by atoms with Crippen LogP contribution < -0.4 is 10.6 Å². The van der Waals surface area contributed by atoms with Gasteiger partial charge in [-0.25, -0.2) is 0 Å². The molecule has 3 N–H and O–H groups in total. The number of rotatable bonds is 6. The van der Waals surface area contributed by atoms with Crippen LogP contribution in [0, 0.1) is 13.8 Å². The Hall–Kier alpha value is -2.62. The van der Waals surface area contributed by atoms with Gasteiger partial charge in [0.25, 0.3) is 5.91 Å². The molecule has 3 aromatic carbocycles. The lowest BCUT2D eigenvalue weighted by molar-refractivity contribution is -0.718. The first-order chi connectivity index (χ1) is 13.4. The monoisotopic (exact) mass is 393 g/mol. The second-order valence-corrected chi connectivity index (χ2v) is 7.67. The van der Waals surface area contributed by atoms with Gasteiger partial charge in [0, 0.05) is 21.8 Å². The van der Waals surface area contributed by atoms with Crippen LogP contribution in [-0.4, -0.2) is 5.91 Å². The van der Waals surface area contributed by atoms with Crippen LogP contribution in [0.2, 0.25) is 5.02 Å². The molecule has 0 saturated heterocycles. The van der Waals surface area contributed by atoms with E-state index in [9.17, 15) is 4.79 Å². The number of quaternary nitrogens is 1. The summed E-state index contributed by atoms with van der Waals surface area (Å²) in [7, 11) is 0. The van der Waals surface area contributed by atoms with Crippen LogP contribution >= 0.6 is 11.6 Å². The van der Waals surface area contributed by atoms with Crippen molar-refractivity contribution in [2.75, 3.05) is 5.32 Å². The van der Waals surface area contributed by atoms with E-state index in [-0.39, 0.29) is 18.0 Å². The second-order valence-electron chi connectivity index (χ2n) is 7.23. The summed E-state index contributed by atoms with van der Waals surface area (Å²) < 4.78 is 0. The van der Waals surface area contributed by atoms with Crippen LogP contribution in [-0.2, 0) is 4.79 Å². The highest BCUT2D eigenvalue weighted by molar-refractivity contribution is 6.30. The molecule has 0 fully saturated rings. The van der Waals surface area contributed by atoms with Crippen LogP contribution in [0.15, 0.2) is 72.8 Å². The van der Waals surface area contributed by atoms with E-state index >= 15 is 0 Å². The Labute approximate surface area is 171 Å². The van der Waals surface area contributed by atoms with Crippen LogP contribution in [0.5, 0.6) is 0 Å². The smallest absolute Gasteiger partial charge is 0.287 e. The summed E-state index contributed by atoms with van der Waals surface area (Å²) in [5, 5.41) is 5.91. The highest BCUT2D eigenvalue weighted by Gasteiger charge is 2.27. The quantitative estimate of drug-likeness (QED) is 0.610. The number of benzene rings is 3. The fourth-order valence-corrected chi connectivity index (χ4v) is 3.48. The zero-order chi connectivity index (χ0) is 20.1. The molecule has 3 rings (SSSR count). The van der Waals surface area contributed by atoms with E-state index in [0.717, 1.165) is 27.9 Å². The zero-order valence-electron chi connectivity index (χ0n) is 16.4. The van der Waals surface area contributed by atoms with Crippen LogP contribution in [0.1, 0.15) is 41.3 Å². The van der Waals surface area contributed by atoms with E-state index in [4.69, 9.17) is 11.6 Å². The molecule has 2 atom stereocenters. The normalized spacial score (nSPS) is 13.0. The van der Waals surface area contributed by atoms with Gasteiger partial charge in [0.05, 0.1) is 0 Å². The number of aryl methyl sites for hydroxylation is 2. The first-order valence-corrected chi connectivity index (χ1v) is 9.85. The average Bonchev–Trinajstić information content (AvgIpc) is 2.69. The molecule has 1 amide bonds. The minimum absolute atomic E-state index is 0.0335. The maximum absolute atomic E-state index is 13.2. The van der Waals surface area contributed by atoms with Crippen LogP contribution in [0.25, 0.3) is 0 Å². The van der Waals surface area contributed by atoms with Gasteiger partial charge in [0.15, 0.2) is 6.04 Å². The van der Waals surface area contributed by atoms with Crippen molar-refractivity contribution < 1.29 is 10.1 Å². The Morgan fingerprint density at radius 3 is 2.36 bits per heavy atom. The van der Waals surface area contributed by atoms with Gasteiger partial charge in [-0.3, -0.25) is 4.79 Å². The topological polar surface area (TPSA) is 45.7 Å². The highest BCUT2D eigenvalue weighted by atomic mass is 35.5. The molecule has 4 heteroatoms. The Morgan fingerprint density at radius 2 is 1.64 bits per heavy atom. The molecule has 0 aliphatic rings. The largest absolute Gasteiger partial charge is 0.326 e. The number of hydrogen-bond donors (Lipinski definition) is 2. The van der Waals surface area contributed by atoms with E-state index in [2.05, 4.69) is 17.6 Å². The summed E-state index contributed by atoms with van der Waals surface area (Å²) in [4.78, 5) is 13.2. The molecular formula is C24H26ClN2O+. The molecule has 28 heavy (non-hydrogen) atoms. The van der Waals surface area contributed by atoms with Crippen molar-refractivity contribution >= 4 is 23.2 Å². The van der Waals surface area contributed by atoms with Crippen molar-refractivity contribution in [1.29, 1.82) is 0 Å². The fourth-order valence-electron chi connectivity index (χ4n) is 3.28. The van der Waals surface area contributed by atoms with Crippen LogP contribution in [0.4, 0.5) is 5.69 Å². The number of carbonyl (C=O) groups excluding carboxylic acids is 1. The van der Waals surface area contributed by atoms with Crippen molar-refractivity contribution in [3.63, 3.8) is 0 Å². The summed E-state index contributed by atoms with van der Waals surface area (Å²) in [6, 6.07) is 23.5. The Kier molecular flexibility index (Phi) is 6.50. The number of nitrogens with two attached hydrogens (primary N) is 1. The van der Waals surface area contributed by atoms with Crippen LogP contribution in [0.3, 0.4) is 0 Å². The third-order valence-corrected chi connectivity index (χ3v) is 5.18. The number of amides is 1. The predicted molar refractivity (Wildman–Crippen MR) is 116 cm³/mol. The van der Waals surface area contributed by atoms with Crippen molar-refractivity contribution in [1.82, 2.24) is 0 Å². The average molecular weight is 394 g/mol. The Bertz CT molecular complexity index is 956. The summed E-state index contributed by atoms with van der Waals surface area (Å²) in [6.45, 7) is 6.12.